The molecule has 0 bridgehead atoms. The van der Waals surface area contributed by atoms with E-state index in [0.717, 1.165) is 0 Å². The second-order valence-electron chi connectivity index (χ2n) is 3.98. The molecule has 20 heavy (non-hydrogen) atoms. The first-order chi connectivity index (χ1) is 9.61. The predicted octanol–water partition coefficient (Wildman–Crippen LogP) is 0.956. The molecule has 0 saturated heterocycles. The van der Waals surface area contributed by atoms with Crippen LogP contribution in [0.1, 0.15) is 11.7 Å². The summed E-state index contributed by atoms with van der Waals surface area (Å²) >= 11 is 3.26. The zero-order valence-electron chi connectivity index (χ0n) is 11.1. The molecule has 2 aromatic rings. The van der Waals surface area contributed by atoms with Crippen LogP contribution in [0.25, 0.3) is 0 Å². The fourth-order valence-electron chi connectivity index (χ4n) is 1.51. The molecule has 2 rings (SSSR count). The lowest BCUT2D eigenvalue weighted by atomic mass is 10.4. The summed E-state index contributed by atoms with van der Waals surface area (Å²) in [6.07, 6.45) is 1.56. The number of aryl methyl sites for hydroxylation is 1. The van der Waals surface area contributed by atoms with Crippen molar-refractivity contribution < 1.29 is 9.26 Å². The molecule has 0 spiro atoms. The molecular formula is C11H14BrN5O3. The maximum absolute atomic E-state index is 12.0. The highest BCUT2D eigenvalue weighted by Crippen LogP contribution is 2.16. The minimum absolute atomic E-state index is 0.226. The Labute approximate surface area is 123 Å². The second kappa shape index (κ2) is 6.62. The van der Waals surface area contributed by atoms with Crippen LogP contribution >= 0.6 is 15.9 Å². The van der Waals surface area contributed by atoms with Gasteiger partial charge in [-0.1, -0.05) is 5.16 Å². The molecule has 108 valence electrons. The van der Waals surface area contributed by atoms with Gasteiger partial charge in [0.2, 0.25) is 5.89 Å². The first kappa shape index (κ1) is 14.7. The monoisotopic (exact) mass is 343 g/mol. The van der Waals surface area contributed by atoms with E-state index in [4.69, 9.17) is 9.26 Å². The summed E-state index contributed by atoms with van der Waals surface area (Å²) in [6, 6.07) is 0. The van der Waals surface area contributed by atoms with Crippen molar-refractivity contribution in [1.82, 2.24) is 19.9 Å². The summed E-state index contributed by atoms with van der Waals surface area (Å²) in [7, 11) is 1.57. The third-order valence-corrected chi connectivity index (χ3v) is 3.27. The van der Waals surface area contributed by atoms with Crippen molar-refractivity contribution in [1.29, 1.82) is 0 Å². The normalized spacial score (nSPS) is 10.8. The summed E-state index contributed by atoms with van der Waals surface area (Å²) < 4.78 is 11.5. The van der Waals surface area contributed by atoms with E-state index in [1.807, 2.05) is 0 Å². The van der Waals surface area contributed by atoms with E-state index in [1.54, 1.807) is 20.2 Å². The molecule has 0 atom stereocenters. The SMILES string of the molecule is COCCn1ncc(NCc2noc(C)n2)c(Br)c1=O. The van der Waals surface area contributed by atoms with Crippen LogP contribution in [0.3, 0.4) is 0 Å². The molecule has 0 aromatic carbocycles. The van der Waals surface area contributed by atoms with Gasteiger partial charge in [0.05, 0.1) is 31.6 Å². The van der Waals surface area contributed by atoms with Gasteiger partial charge in [0.1, 0.15) is 4.47 Å². The lowest BCUT2D eigenvalue weighted by molar-refractivity contribution is 0.181. The van der Waals surface area contributed by atoms with Gasteiger partial charge in [0, 0.05) is 14.0 Å². The quantitative estimate of drug-likeness (QED) is 0.834. The molecule has 0 unspecified atom stereocenters. The summed E-state index contributed by atoms with van der Waals surface area (Å²) in [4.78, 5) is 16.1. The van der Waals surface area contributed by atoms with Crippen molar-refractivity contribution in [3.63, 3.8) is 0 Å². The van der Waals surface area contributed by atoms with Crippen LogP contribution in [-0.4, -0.2) is 33.6 Å². The molecule has 2 aromatic heterocycles. The number of aromatic nitrogens is 4. The van der Waals surface area contributed by atoms with Gasteiger partial charge < -0.3 is 14.6 Å². The van der Waals surface area contributed by atoms with Crippen molar-refractivity contribution in [2.75, 3.05) is 19.0 Å². The number of ether oxygens (including phenoxy) is 1. The van der Waals surface area contributed by atoms with Crippen LogP contribution in [-0.2, 0) is 17.8 Å². The summed E-state index contributed by atoms with van der Waals surface area (Å²) in [6.45, 7) is 2.89. The van der Waals surface area contributed by atoms with Crippen LogP contribution in [0.2, 0.25) is 0 Å². The largest absolute Gasteiger partial charge is 0.383 e. The van der Waals surface area contributed by atoms with Gasteiger partial charge in [-0.15, -0.1) is 0 Å². The third-order valence-electron chi connectivity index (χ3n) is 2.50. The van der Waals surface area contributed by atoms with Gasteiger partial charge in [-0.3, -0.25) is 4.79 Å². The van der Waals surface area contributed by atoms with E-state index in [2.05, 4.69) is 36.5 Å². The first-order valence-electron chi connectivity index (χ1n) is 5.89. The highest BCUT2D eigenvalue weighted by molar-refractivity contribution is 9.10. The van der Waals surface area contributed by atoms with Gasteiger partial charge >= 0.3 is 0 Å². The number of anilines is 1. The van der Waals surface area contributed by atoms with Gasteiger partial charge in [-0.25, -0.2) is 4.68 Å². The van der Waals surface area contributed by atoms with Crippen LogP contribution in [0.5, 0.6) is 0 Å². The van der Waals surface area contributed by atoms with Crippen LogP contribution < -0.4 is 10.9 Å². The Morgan fingerprint density at radius 3 is 3.00 bits per heavy atom. The number of hydrogen-bond acceptors (Lipinski definition) is 7. The molecule has 0 radical (unpaired) electrons. The summed E-state index contributed by atoms with van der Waals surface area (Å²) in [5.41, 5.74) is 0.350. The van der Waals surface area contributed by atoms with Crippen molar-refractivity contribution in [3.05, 3.63) is 32.7 Å². The first-order valence-corrected chi connectivity index (χ1v) is 6.68. The van der Waals surface area contributed by atoms with Crippen LogP contribution in [0.15, 0.2) is 20.0 Å². The van der Waals surface area contributed by atoms with Crippen molar-refractivity contribution >= 4 is 21.6 Å². The molecule has 0 aliphatic rings. The average Bonchev–Trinajstić information content (AvgIpc) is 2.85. The lowest BCUT2D eigenvalue weighted by Crippen LogP contribution is -2.26. The molecule has 9 heteroatoms. The minimum Gasteiger partial charge on any atom is -0.383 e. The van der Waals surface area contributed by atoms with Crippen molar-refractivity contribution in [2.45, 2.75) is 20.0 Å². The number of halogens is 1. The standard InChI is InChI=1S/C11H14BrN5O3/c1-7-15-9(16-20-7)6-13-8-5-14-17(3-4-19-2)11(18)10(8)12/h5,13H,3-4,6H2,1-2H3. The van der Waals surface area contributed by atoms with Crippen LogP contribution in [0.4, 0.5) is 5.69 Å². The minimum atomic E-state index is -0.226. The Balaban J connectivity index is 2.09. The Kier molecular flexibility index (Phi) is 4.85. The van der Waals surface area contributed by atoms with E-state index in [9.17, 15) is 4.79 Å². The topological polar surface area (TPSA) is 95.1 Å². The Hall–Kier alpha value is -1.74. The smallest absolute Gasteiger partial charge is 0.283 e. The van der Waals surface area contributed by atoms with Crippen molar-refractivity contribution in [3.8, 4) is 0 Å². The molecule has 0 fully saturated rings. The molecule has 1 N–H and O–H groups in total. The highest BCUT2D eigenvalue weighted by atomic mass is 79.9. The number of methoxy groups -OCH3 is 1. The van der Waals surface area contributed by atoms with E-state index in [1.165, 1.54) is 4.68 Å². The Bertz CT molecular complexity index is 639. The molecule has 0 saturated carbocycles. The Morgan fingerprint density at radius 1 is 1.55 bits per heavy atom. The van der Waals surface area contributed by atoms with Gasteiger partial charge in [-0.05, 0) is 15.9 Å². The number of rotatable bonds is 6. The molecule has 0 amide bonds. The lowest BCUT2D eigenvalue weighted by Gasteiger charge is -2.08. The van der Waals surface area contributed by atoms with Gasteiger partial charge in [-0.2, -0.15) is 10.1 Å². The van der Waals surface area contributed by atoms with E-state index >= 15 is 0 Å². The molecular weight excluding hydrogens is 330 g/mol. The second-order valence-corrected chi connectivity index (χ2v) is 4.77. The number of nitrogens with zero attached hydrogens (tertiary/aromatic N) is 4. The van der Waals surface area contributed by atoms with E-state index in [-0.39, 0.29) is 5.56 Å². The molecule has 8 nitrogen and oxygen atoms in total. The zero-order chi connectivity index (χ0) is 14.5. The predicted molar refractivity (Wildman–Crippen MR) is 74.4 cm³/mol. The van der Waals surface area contributed by atoms with E-state index < -0.39 is 0 Å². The average molecular weight is 344 g/mol. The number of hydrogen-bond donors (Lipinski definition) is 1. The third kappa shape index (κ3) is 3.42. The summed E-state index contributed by atoms with van der Waals surface area (Å²) in [5.74, 6) is 1.01. The van der Waals surface area contributed by atoms with E-state index in [0.29, 0.717) is 41.6 Å². The maximum Gasteiger partial charge on any atom is 0.283 e. The Morgan fingerprint density at radius 2 is 2.35 bits per heavy atom. The highest BCUT2D eigenvalue weighted by Gasteiger charge is 2.09. The summed E-state index contributed by atoms with van der Waals surface area (Å²) in [5, 5.41) is 10.8. The molecule has 0 aliphatic heterocycles. The van der Waals surface area contributed by atoms with Gasteiger partial charge in [0.15, 0.2) is 5.82 Å². The van der Waals surface area contributed by atoms with Crippen LogP contribution in [0, 0.1) is 6.92 Å². The maximum atomic E-state index is 12.0. The zero-order valence-corrected chi connectivity index (χ0v) is 12.7. The molecule has 0 aliphatic carbocycles. The number of nitrogens with one attached hydrogen (secondary N) is 1. The fraction of sp³-hybridized carbons (Fsp3) is 0.455. The molecule has 2 heterocycles. The fourth-order valence-corrected chi connectivity index (χ4v) is 1.96. The van der Waals surface area contributed by atoms with Gasteiger partial charge in [0.25, 0.3) is 5.56 Å². The van der Waals surface area contributed by atoms with Crippen molar-refractivity contribution in [2.24, 2.45) is 0 Å².